The summed E-state index contributed by atoms with van der Waals surface area (Å²) in [5, 5.41) is 2.79. The highest BCUT2D eigenvalue weighted by molar-refractivity contribution is 9.12. The fourth-order valence-corrected chi connectivity index (χ4v) is 1.39. The van der Waals surface area contributed by atoms with E-state index in [1.807, 2.05) is 6.92 Å². The molecule has 0 radical (unpaired) electrons. The lowest BCUT2D eigenvalue weighted by atomic mass is 10.0. The van der Waals surface area contributed by atoms with Gasteiger partial charge in [0.25, 0.3) is 0 Å². The Hall–Kier alpha value is -1.62. The fraction of sp³-hybridized carbons (Fsp3) is 0.333. The summed E-state index contributed by atoms with van der Waals surface area (Å²) in [5.74, 6) is -1.03. The molecule has 0 aromatic rings. The number of Topliss-reactive ketones (excluding diaryl/α,β-unsaturated/α-hetero) is 1. The molecule has 0 saturated heterocycles. The van der Waals surface area contributed by atoms with Crippen LogP contribution in [0.3, 0.4) is 0 Å². The van der Waals surface area contributed by atoms with Crippen LogP contribution in [0.5, 0.6) is 0 Å². The molecule has 0 saturated carbocycles. The van der Waals surface area contributed by atoms with Crippen molar-refractivity contribution in [1.82, 2.24) is 5.32 Å². The van der Waals surface area contributed by atoms with Crippen LogP contribution in [0.4, 0.5) is 0 Å². The number of esters is 1. The van der Waals surface area contributed by atoms with Crippen molar-refractivity contribution < 1.29 is 14.3 Å². The summed E-state index contributed by atoms with van der Waals surface area (Å²) in [6, 6.07) is 0. The number of carbonyl (C=O) groups excluding carboxylic acids is 2. The quantitative estimate of drug-likeness (QED) is 0.265. The summed E-state index contributed by atoms with van der Waals surface area (Å²) in [7, 11) is 2.89. The maximum absolute atomic E-state index is 12.3. The molecule has 0 amide bonds. The number of allylic oxidation sites excluding steroid dienone is 6. The molecule has 0 aromatic carbocycles. The van der Waals surface area contributed by atoms with E-state index in [-0.39, 0.29) is 11.4 Å². The van der Waals surface area contributed by atoms with Gasteiger partial charge in [0.05, 0.1) is 7.11 Å². The van der Waals surface area contributed by atoms with Crippen LogP contribution in [0, 0.1) is 0 Å². The highest BCUT2D eigenvalue weighted by Crippen LogP contribution is 2.16. The molecular weight excluding hydrogens is 322 g/mol. The number of ether oxygens (including phenoxy) is 1. The van der Waals surface area contributed by atoms with Crippen molar-refractivity contribution >= 4 is 27.7 Å². The van der Waals surface area contributed by atoms with Gasteiger partial charge in [-0.2, -0.15) is 0 Å². The van der Waals surface area contributed by atoms with Crippen LogP contribution in [-0.4, -0.2) is 25.9 Å². The zero-order chi connectivity index (χ0) is 15.9. The Morgan fingerprint density at radius 3 is 2.15 bits per heavy atom. The molecule has 0 aliphatic carbocycles. The zero-order valence-electron chi connectivity index (χ0n) is 12.5. The normalized spacial score (nSPS) is 13.5. The minimum Gasteiger partial charge on any atom is -0.465 e. The van der Waals surface area contributed by atoms with Crippen LogP contribution < -0.4 is 5.32 Å². The molecule has 110 valence electrons. The molecule has 0 bridgehead atoms. The zero-order valence-corrected chi connectivity index (χ0v) is 14.1. The maximum atomic E-state index is 12.3. The Kier molecular flexibility index (Phi) is 7.84. The molecule has 1 N–H and O–H groups in total. The summed E-state index contributed by atoms with van der Waals surface area (Å²) in [5.41, 5.74) is 1.75. The van der Waals surface area contributed by atoms with Gasteiger partial charge in [0.1, 0.15) is 5.57 Å². The number of ketones is 1. The molecule has 0 atom stereocenters. The van der Waals surface area contributed by atoms with Crippen LogP contribution >= 0.6 is 15.9 Å². The first-order valence-electron chi connectivity index (χ1n) is 5.97. The predicted molar refractivity (Wildman–Crippen MR) is 84.4 cm³/mol. The molecule has 0 spiro atoms. The molecular formula is C15H20BrNO3. The third kappa shape index (κ3) is 5.17. The van der Waals surface area contributed by atoms with Crippen molar-refractivity contribution in [3.05, 3.63) is 45.6 Å². The third-order valence-corrected chi connectivity index (χ3v) is 3.55. The molecule has 0 fully saturated rings. The maximum Gasteiger partial charge on any atom is 0.343 e. The highest BCUT2D eigenvalue weighted by atomic mass is 79.9. The number of nitrogens with one attached hydrogen (secondary N) is 1. The van der Waals surface area contributed by atoms with Gasteiger partial charge < -0.3 is 10.1 Å². The van der Waals surface area contributed by atoms with Gasteiger partial charge in [-0.05, 0) is 38.0 Å². The molecule has 4 nitrogen and oxygen atoms in total. The van der Waals surface area contributed by atoms with E-state index in [0.717, 1.165) is 10.1 Å². The van der Waals surface area contributed by atoms with Crippen molar-refractivity contribution in [2.45, 2.75) is 20.8 Å². The summed E-state index contributed by atoms with van der Waals surface area (Å²) in [6.07, 6.45) is 3.35. The smallest absolute Gasteiger partial charge is 0.343 e. The Balaban J connectivity index is 5.51. The molecule has 0 unspecified atom stereocenters. The Morgan fingerprint density at radius 2 is 1.75 bits per heavy atom. The van der Waals surface area contributed by atoms with E-state index in [2.05, 4.69) is 32.6 Å². The van der Waals surface area contributed by atoms with Crippen LogP contribution in [0.25, 0.3) is 0 Å². The lowest BCUT2D eigenvalue weighted by Gasteiger charge is -2.09. The summed E-state index contributed by atoms with van der Waals surface area (Å²) >= 11 is 3.33. The van der Waals surface area contributed by atoms with Crippen molar-refractivity contribution in [3.63, 3.8) is 0 Å². The second-order valence-corrected chi connectivity index (χ2v) is 5.07. The summed E-state index contributed by atoms with van der Waals surface area (Å²) in [6.45, 7) is 8.91. The number of hydrogen-bond acceptors (Lipinski definition) is 4. The van der Waals surface area contributed by atoms with Crippen LogP contribution in [-0.2, 0) is 14.3 Å². The summed E-state index contributed by atoms with van der Waals surface area (Å²) < 4.78 is 5.44. The standard InChI is InChI=1S/C15H20BrNO3/c1-9(2)12(16)8-7-10(3)14(18)13(11(4)17-5)15(19)20-6/h7-8,17H,1H2,2-6H3/b10-7+,12-8+,13-11+. The first-order chi connectivity index (χ1) is 9.26. The summed E-state index contributed by atoms with van der Waals surface area (Å²) in [4.78, 5) is 24.0. The molecule has 0 aliphatic heterocycles. The van der Waals surface area contributed by atoms with Crippen LogP contribution in [0.15, 0.2) is 45.6 Å². The molecule has 0 rings (SSSR count). The van der Waals surface area contributed by atoms with Gasteiger partial charge in [0.2, 0.25) is 0 Å². The van der Waals surface area contributed by atoms with E-state index < -0.39 is 5.97 Å². The van der Waals surface area contributed by atoms with E-state index in [0.29, 0.717) is 11.3 Å². The van der Waals surface area contributed by atoms with E-state index in [1.54, 1.807) is 33.0 Å². The Bertz CT molecular complexity index is 513. The largest absolute Gasteiger partial charge is 0.465 e. The van der Waals surface area contributed by atoms with E-state index in [1.165, 1.54) is 7.11 Å². The Labute approximate surface area is 128 Å². The molecule has 0 heterocycles. The Morgan fingerprint density at radius 1 is 1.20 bits per heavy atom. The van der Waals surface area contributed by atoms with Crippen LogP contribution in [0.1, 0.15) is 20.8 Å². The third-order valence-electron chi connectivity index (χ3n) is 2.61. The monoisotopic (exact) mass is 341 g/mol. The average molecular weight is 342 g/mol. The number of rotatable bonds is 6. The molecule has 5 heteroatoms. The number of methoxy groups -OCH3 is 1. The molecule has 0 aromatic heterocycles. The van der Waals surface area contributed by atoms with Gasteiger partial charge in [-0.15, -0.1) is 0 Å². The van der Waals surface area contributed by atoms with Crippen molar-refractivity contribution in [2.24, 2.45) is 0 Å². The van der Waals surface area contributed by atoms with Gasteiger partial charge in [-0.1, -0.05) is 28.6 Å². The number of carbonyl (C=O) groups is 2. The van der Waals surface area contributed by atoms with Gasteiger partial charge in [0.15, 0.2) is 5.78 Å². The second-order valence-electron chi connectivity index (χ2n) is 4.22. The van der Waals surface area contributed by atoms with Crippen molar-refractivity contribution in [2.75, 3.05) is 14.2 Å². The van der Waals surface area contributed by atoms with Gasteiger partial charge in [-0.3, -0.25) is 4.79 Å². The first-order valence-corrected chi connectivity index (χ1v) is 6.77. The number of halogens is 1. The van der Waals surface area contributed by atoms with Crippen molar-refractivity contribution in [3.8, 4) is 0 Å². The molecule has 0 aliphatic rings. The predicted octanol–water partition coefficient (Wildman–Crippen LogP) is 3.02. The molecule has 20 heavy (non-hydrogen) atoms. The SMILES string of the molecule is C=C(C)/C(Br)=C\C=C(/C)C(=O)/C(C(=O)OC)=C(/C)NC. The fourth-order valence-electron chi connectivity index (χ4n) is 1.26. The minimum absolute atomic E-state index is 0.00333. The first kappa shape index (κ1) is 18.4. The topological polar surface area (TPSA) is 55.4 Å². The highest BCUT2D eigenvalue weighted by Gasteiger charge is 2.22. The van der Waals surface area contributed by atoms with Gasteiger partial charge in [-0.25, -0.2) is 4.79 Å². The van der Waals surface area contributed by atoms with Gasteiger partial charge >= 0.3 is 5.97 Å². The lowest BCUT2D eigenvalue weighted by molar-refractivity contribution is -0.137. The average Bonchev–Trinajstić information content (AvgIpc) is 2.43. The minimum atomic E-state index is -0.655. The van der Waals surface area contributed by atoms with Gasteiger partial charge in [0, 0.05) is 17.2 Å². The van der Waals surface area contributed by atoms with Crippen molar-refractivity contribution in [1.29, 1.82) is 0 Å². The van der Waals surface area contributed by atoms with E-state index in [4.69, 9.17) is 0 Å². The van der Waals surface area contributed by atoms with E-state index >= 15 is 0 Å². The number of hydrogen-bond donors (Lipinski definition) is 1. The van der Waals surface area contributed by atoms with Crippen LogP contribution in [0.2, 0.25) is 0 Å². The van der Waals surface area contributed by atoms with E-state index in [9.17, 15) is 9.59 Å². The second kappa shape index (κ2) is 8.53. The lowest BCUT2D eigenvalue weighted by Crippen LogP contribution is -2.21.